The van der Waals surface area contributed by atoms with Crippen LogP contribution in [0.4, 0.5) is 4.39 Å². The first-order valence-corrected chi connectivity index (χ1v) is 5.92. The molecular weight excluding hydrogens is 303 g/mol. The molecule has 0 fully saturated rings. The first-order chi connectivity index (χ1) is 8.52. The molecule has 1 heterocycles. The quantitative estimate of drug-likeness (QED) is 0.927. The molecule has 1 aromatic heterocycles. The van der Waals surface area contributed by atoms with Crippen LogP contribution < -0.4 is 10.3 Å². The van der Waals surface area contributed by atoms with Gasteiger partial charge in [0.05, 0.1) is 12.8 Å². The van der Waals surface area contributed by atoms with E-state index in [9.17, 15) is 9.18 Å². The van der Waals surface area contributed by atoms with E-state index in [1.165, 1.54) is 19.2 Å². The Bertz CT molecular complexity index is 655. The summed E-state index contributed by atoms with van der Waals surface area (Å²) < 4.78 is 18.8. The third-order valence-corrected chi connectivity index (χ3v) is 3.39. The molecule has 1 aromatic carbocycles. The van der Waals surface area contributed by atoms with Crippen LogP contribution in [0.2, 0.25) is 0 Å². The summed E-state index contributed by atoms with van der Waals surface area (Å²) in [6, 6.07) is 4.39. The minimum absolute atomic E-state index is 0.148. The number of benzene rings is 1. The van der Waals surface area contributed by atoms with Crippen LogP contribution in [0.5, 0.6) is 5.75 Å². The second-order valence-corrected chi connectivity index (χ2v) is 4.46. The number of ether oxygens (including phenoxy) is 1. The molecule has 0 aliphatic heterocycles. The van der Waals surface area contributed by atoms with E-state index in [0.717, 1.165) is 0 Å². The highest BCUT2D eigenvalue weighted by Crippen LogP contribution is 2.23. The number of H-pyrrole nitrogens is 1. The number of aryl methyl sites for hydroxylation is 1. The number of nitrogens with one attached hydrogen (secondary N) is 1. The lowest BCUT2D eigenvalue weighted by Crippen LogP contribution is -2.11. The largest absolute Gasteiger partial charge is 0.494 e. The third-order valence-electron chi connectivity index (χ3n) is 2.45. The minimum atomic E-state index is -0.502. The molecule has 1 N–H and O–H groups in total. The van der Waals surface area contributed by atoms with Gasteiger partial charge in [-0.25, -0.2) is 9.37 Å². The molecule has 0 bridgehead atoms. The Kier molecular flexibility index (Phi) is 3.47. The van der Waals surface area contributed by atoms with Crippen molar-refractivity contribution < 1.29 is 9.13 Å². The van der Waals surface area contributed by atoms with Crippen LogP contribution in [0.3, 0.4) is 0 Å². The number of hydrogen-bond acceptors (Lipinski definition) is 3. The molecule has 94 valence electrons. The highest BCUT2D eigenvalue weighted by Gasteiger charge is 2.09. The van der Waals surface area contributed by atoms with Gasteiger partial charge in [-0.2, -0.15) is 0 Å². The molecule has 0 aliphatic rings. The van der Waals surface area contributed by atoms with Crippen molar-refractivity contribution in [3.8, 4) is 17.1 Å². The fourth-order valence-electron chi connectivity index (χ4n) is 1.52. The molecule has 0 saturated heterocycles. The van der Waals surface area contributed by atoms with Crippen molar-refractivity contribution in [3.05, 3.63) is 44.5 Å². The average molecular weight is 313 g/mol. The van der Waals surface area contributed by atoms with Crippen LogP contribution in [0.15, 0.2) is 27.5 Å². The van der Waals surface area contributed by atoms with E-state index in [4.69, 9.17) is 4.74 Å². The summed E-state index contributed by atoms with van der Waals surface area (Å²) in [5.74, 6) is -0.0320. The lowest BCUT2D eigenvalue weighted by Gasteiger charge is -2.06. The van der Waals surface area contributed by atoms with Gasteiger partial charge in [0, 0.05) is 5.56 Å². The molecular formula is C12H10BrFN2O2. The van der Waals surface area contributed by atoms with E-state index in [1.54, 1.807) is 13.0 Å². The summed E-state index contributed by atoms with van der Waals surface area (Å²) in [5.41, 5.74) is 0.736. The normalized spacial score (nSPS) is 10.4. The first kappa shape index (κ1) is 12.8. The smallest absolute Gasteiger partial charge is 0.265 e. The van der Waals surface area contributed by atoms with Crippen LogP contribution in [0.25, 0.3) is 11.4 Å². The molecule has 0 saturated carbocycles. The average Bonchev–Trinajstić information content (AvgIpc) is 2.35. The van der Waals surface area contributed by atoms with E-state index in [1.807, 2.05) is 0 Å². The maximum atomic E-state index is 13.6. The summed E-state index contributed by atoms with van der Waals surface area (Å²) in [4.78, 5) is 18.3. The van der Waals surface area contributed by atoms with E-state index >= 15 is 0 Å². The number of nitrogens with zero attached hydrogens (tertiary/aromatic N) is 1. The molecule has 0 radical (unpaired) electrons. The van der Waals surface area contributed by atoms with Crippen molar-refractivity contribution in [2.45, 2.75) is 6.92 Å². The van der Waals surface area contributed by atoms with Crippen molar-refractivity contribution >= 4 is 15.9 Å². The molecule has 18 heavy (non-hydrogen) atoms. The Morgan fingerprint density at radius 2 is 2.17 bits per heavy atom. The molecule has 0 aliphatic carbocycles. The van der Waals surface area contributed by atoms with Gasteiger partial charge < -0.3 is 9.72 Å². The Morgan fingerprint density at radius 3 is 2.72 bits per heavy atom. The number of aromatic amines is 1. The second-order valence-electron chi connectivity index (χ2n) is 3.66. The minimum Gasteiger partial charge on any atom is -0.494 e. The van der Waals surface area contributed by atoms with Gasteiger partial charge in [-0.3, -0.25) is 4.79 Å². The van der Waals surface area contributed by atoms with Gasteiger partial charge in [0.25, 0.3) is 5.56 Å². The molecule has 6 heteroatoms. The predicted molar refractivity (Wildman–Crippen MR) is 69.2 cm³/mol. The van der Waals surface area contributed by atoms with Gasteiger partial charge in [-0.05, 0) is 41.1 Å². The zero-order valence-electron chi connectivity index (χ0n) is 9.75. The Morgan fingerprint density at radius 1 is 1.44 bits per heavy atom. The zero-order valence-corrected chi connectivity index (χ0v) is 11.3. The lowest BCUT2D eigenvalue weighted by molar-refractivity contribution is 0.386. The van der Waals surface area contributed by atoms with Gasteiger partial charge >= 0.3 is 0 Å². The topological polar surface area (TPSA) is 55.0 Å². The number of halogens is 2. The summed E-state index contributed by atoms with van der Waals surface area (Å²) in [7, 11) is 1.39. The van der Waals surface area contributed by atoms with Gasteiger partial charge in [0.2, 0.25) is 0 Å². The monoisotopic (exact) mass is 312 g/mol. The summed E-state index contributed by atoms with van der Waals surface area (Å²) in [5, 5.41) is 0. The number of hydrogen-bond donors (Lipinski definition) is 1. The molecule has 2 rings (SSSR count). The van der Waals surface area contributed by atoms with Gasteiger partial charge in [-0.15, -0.1) is 0 Å². The zero-order chi connectivity index (χ0) is 13.3. The van der Waals surface area contributed by atoms with E-state index in [-0.39, 0.29) is 11.3 Å². The van der Waals surface area contributed by atoms with E-state index in [0.29, 0.717) is 21.6 Å². The summed E-state index contributed by atoms with van der Waals surface area (Å²) >= 11 is 3.12. The Labute approximate surface area is 111 Å². The van der Waals surface area contributed by atoms with Crippen LogP contribution in [-0.4, -0.2) is 17.1 Å². The lowest BCUT2D eigenvalue weighted by atomic mass is 10.2. The molecule has 0 amide bonds. The third kappa shape index (κ3) is 2.28. The summed E-state index contributed by atoms with van der Waals surface area (Å²) in [6.07, 6.45) is 0. The highest BCUT2D eigenvalue weighted by atomic mass is 79.9. The van der Waals surface area contributed by atoms with Crippen LogP contribution in [0, 0.1) is 12.7 Å². The maximum Gasteiger partial charge on any atom is 0.265 e. The van der Waals surface area contributed by atoms with Crippen LogP contribution in [0.1, 0.15) is 5.69 Å². The van der Waals surface area contributed by atoms with Crippen molar-refractivity contribution in [3.63, 3.8) is 0 Å². The van der Waals surface area contributed by atoms with Crippen LogP contribution in [-0.2, 0) is 0 Å². The van der Waals surface area contributed by atoms with E-state index in [2.05, 4.69) is 25.9 Å². The van der Waals surface area contributed by atoms with Crippen LogP contribution >= 0.6 is 15.9 Å². The van der Waals surface area contributed by atoms with Crippen molar-refractivity contribution in [2.75, 3.05) is 7.11 Å². The summed E-state index contributed by atoms with van der Waals surface area (Å²) in [6.45, 7) is 1.70. The fourth-order valence-corrected chi connectivity index (χ4v) is 1.71. The second kappa shape index (κ2) is 4.89. The first-order valence-electron chi connectivity index (χ1n) is 5.13. The number of methoxy groups -OCH3 is 1. The van der Waals surface area contributed by atoms with Crippen molar-refractivity contribution in [1.82, 2.24) is 9.97 Å². The molecule has 0 unspecified atom stereocenters. The number of rotatable bonds is 2. The predicted octanol–water partition coefficient (Wildman–Crippen LogP) is 2.66. The van der Waals surface area contributed by atoms with Crippen molar-refractivity contribution in [1.29, 1.82) is 0 Å². The Hall–Kier alpha value is -1.69. The van der Waals surface area contributed by atoms with Gasteiger partial charge in [0.1, 0.15) is 10.3 Å². The number of aromatic nitrogens is 2. The molecule has 4 nitrogen and oxygen atoms in total. The Balaban J connectivity index is 2.56. The van der Waals surface area contributed by atoms with Crippen molar-refractivity contribution in [2.24, 2.45) is 0 Å². The fraction of sp³-hybridized carbons (Fsp3) is 0.167. The highest BCUT2D eigenvalue weighted by molar-refractivity contribution is 9.10. The van der Waals surface area contributed by atoms with Gasteiger partial charge in [0.15, 0.2) is 11.6 Å². The molecule has 2 aromatic rings. The van der Waals surface area contributed by atoms with Gasteiger partial charge in [-0.1, -0.05) is 0 Å². The maximum absolute atomic E-state index is 13.6. The SMILES string of the molecule is COc1ccc(-c2nc(C)c(Br)c(=O)[nH]2)cc1F. The van der Waals surface area contributed by atoms with E-state index < -0.39 is 5.82 Å². The molecule has 0 spiro atoms. The molecule has 0 atom stereocenters. The standard InChI is InChI=1S/C12H10BrFN2O2/c1-6-10(13)12(17)16-11(15-6)7-3-4-9(18-2)8(14)5-7/h3-5H,1-2H3,(H,15,16,17).